The second kappa shape index (κ2) is 7.30. The number of hydrogen-bond acceptors (Lipinski definition) is 1. The van der Waals surface area contributed by atoms with Crippen LogP contribution in [0.5, 0.6) is 0 Å². The molecule has 0 spiro atoms. The monoisotopic (exact) mass is 310 g/mol. The molecule has 3 atom stereocenters. The number of methoxy groups -OCH3 is 1. The first kappa shape index (κ1) is 14.1. The first-order chi connectivity index (χ1) is 8.81. The second-order valence-electron chi connectivity index (χ2n) is 5.33. The molecular formula is C16H23BrO. The molecule has 1 saturated carbocycles. The minimum Gasteiger partial charge on any atom is -0.385 e. The smallest absolute Gasteiger partial charge is 0.0462 e. The van der Waals surface area contributed by atoms with Gasteiger partial charge in [-0.05, 0) is 49.5 Å². The van der Waals surface area contributed by atoms with Crippen molar-refractivity contribution in [2.75, 3.05) is 13.7 Å². The average molecular weight is 311 g/mol. The van der Waals surface area contributed by atoms with Crippen molar-refractivity contribution in [3.05, 3.63) is 35.9 Å². The van der Waals surface area contributed by atoms with Gasteiger partial charge >= 0.3 is 0 Å². The Hall–Kier alpha value is -0.340. The zero-order chi connectivity index (χ0) is 12.8. The van der Waals surface area contributed by atoms with E-state index in [2.05, 4.69) is 46.3 Å². The van der Waals surface area contributed by atoms with Gasteiger partial charge in [0, 0.05) is 18.5 Å². The van der Waals surface area contributed by atoms with Gasteiger partial charge in [0.2, 0.25) is 0 Å². The third kappa shape index (κ3) is 3.83. The Kier molecular flexibility index (Phi) is 5.71. The molecule has 2 heteroatoms. The number of alkyl halides is 1. The van der Waals surface area contributed by atoms with E-state index in [0.29, 0.717) is 4.83 Å². The number of rotatable bonds is 5. The molecule has 0 N–H and O–H groups in total. The van der Waals surface area contributed by atoms with Gasteiger partial charge in [0.1, 0.15) is 0 Å². The van der Waals surface area contributed by atoms with Gasteiger partial charge in [-0.15, -0.1) is 0 Å². The lowest BCUT2D eigenvalue weighted by atomic mass is 9.76. The van der Waals surface area contributed by atoms with E-state index in [9.17, 15) is 0 Å². The largest absolute Gasteiger partial charge is 0.385 e. The van der Waals surface area contributed by atoms with Gasteiger partial charge < -0.3 is 4.74 Å². The van der Waals surface area contributed by atoms with Crippen molar-refractivity contribution in [3.63, 3.8) is 0 Å². The Bertz CT molecular complexity index is 338. The van der Waals surface area contributed by atoms with Crippen molar-refractivity contribution >= 4 is 15.9 Å². The van der Waals surface area contributed by atoms with E-state index in [1.807, 2.05) is 0 Å². The molecular weight excluding hydrogens is 288 g/mol. The number of halogens is 1. The van der Waals surface area contributed by atoms with Crippen molar-refractivity contribution in [1.29, 1.82) is 0 Å². The van der Waals surface area contributed by atoms with Crippen LogP contribution in [0.2, 0.25) is 0 Å². The molecule has 0 aliphatic heterocycles. The van der Waals surface area contributed by atoms with E-state index in [-0.39, 0.29) is 0 Å². The van der Waals surface area contributed by atoms with Gasteiger partial charge in [-0.1, -0.05) is 46.3 Å². The van der Waals surface area contributed by atoms with E-state index >= 15 is 0 Å². The highest BCUT2D eigenvalue weighted by Gasteiger charge is 2.29. The molecule has 0 saturated heterocycles. The van der Waals surface area contributed by atoms with Gasteiger partial charge in [-0.25, -0.2) is 0 Å². The fourth-order valence-corrected chi connectivity index (χ4v) is 3.79. The lowest BCUT2D eigenvalue weighted by Crippen LogP contribution is -2.24. The van der Waals surface area contributed by atoms with Crippen molar-refractivity contribution in [2.45, 2.75) is 42.8 Å². The summed E-state index contributed by atoms with van der Waals surface area (Å²) >= 11 is 3.87. The first-order valence-corrected chi connectivity index (χ1v) is 7.90. The molecule has 1 aromatic carbocycles. The fraction of sp³-hybridized carbons (Fsp3) is 0.625. The predicted molar refractivity (Wildman–Crippen MR) is 80.3 cm³/mol. The van der Waals surface area contributed by atoms with Gasteiger partial charge in [-0.3, -0.25) is 0 Å². The molecule has 1 aromatic rings. The van der Waals surface area contributed by atoms with E-state index in [4.69, 9.17) is 4.74 Å². The first-order valence-electron chi connectivity index (χ1n) is 6.99. The molecule has 3 unspecified atom stereocenters. The van der Waals surface area contributed by atoms with Crippen LogP contribution in [-0.2, 0) is 4.74 Å². The second-order valence-corrected chi connectivity index (χ2v) is 6.51. The molecule has 2 rings (SSSR count). The van der Waals surface area contributed by atoms with Crippen molar-refractivity contribution in [3.8, 4) is 0 Å². The maximum Gasteiger partial charge on any atom is 0.0462 e. The van der Waals surface area contributed by atoms with Crippen LogP contribution in [0.15, 0.2) is 30.3 Å². The standard InChI is InChI=1S/C16H23BrO/c1-18-11-5-8-15-12-14(9-10-16(15)17)13-6-3-2-4-7-13/h2-4,6-7,14-16H,5,8-12H2,1H3. The molecule has 0 amide bonds. The summed E-state index contributed by atoms with van der Waals surface area (Å²) in [5.41, 5.74) is 1.52. The van der Waals surface area contributed by atoms with Crippen LogP contribution in [-0.4, -0.2) is 18.5 Å². The van der Waals surface area contributed by atoms with Crippen LogP contribution in [0.1, 0.15) is 43.6 Å². The van der Waals surface area contributed by atoms with Gasteiger partial charge in [-0.2, -0.15) is 0 Å². The highest BCUT2D eigenvalue weighted by molar-refractivity contribution is 9.09. The van der Waals surface area contributed by atoms with Crippen LogP contribution in [0.4, 0.5) is 0 Å². The van der Waals surface area contributed by atoms with Gasteiger partial charge in [0.15, 0.2) is 0 Å². The predicted octanol–water partition coefficient (Wildman–Crippen LogP) is 4.76. The molecule has 1 nitrogen and oxygen atoms in total. The Morgan fingerprint density at radius 1 is 1.22 bits per heavy atom. The molecule has 0 radical (unpaired) electrons. The summed E-state index contributed by atoms with van der Waals surface area (Å²) in [5.74, 6) is 1.56. The van der Waals surface area contributed by atoms with Crippen LogP contribution in [0.25, 0.3) is 0 Å². The van der Waals surface area contributed by atoms with Gasteiger partial charge in [0.05, 0.1) is 0 Å². The zero-order valence-electron chi connectivity index (χ0n) is 11.1. The normalized spacial score (nSPS) is 28.2. The Labute approximate surface area is 119 Å². The highest BCUT2D eigenvalue weighted by atomic mass is 79.9. The summed E-state index contributed by atoms with van der Waals surface area (Å²) in [6, 6.07) is 11.0. The summed E-state index contributed by atoms with van der Waals surface area (Å²) in [5, 5.41) is 0. The lowest BCUT2D eigenvalue weighted by Gasteiger charge is -2.33. The molecule has 1 fully saturated rings. The van der Waals surface area contributed by atoms with E-state index in [1.54, 1.807) is 7.11 Å². The highest BCUT2D eigenvalue weighted by Crippen LogP contribution is 2.41. The zero-order valence-corrected chi connectivity index (χ0v) is 12.7. The molecule has 1 aliphatic carbocycles. The van der Waals surface area contributed by atoms with E-state index in [0.717, 1.165) is 18.4 Å². The topological polar surface area (TPSA) is 9.23 Å². The summed E-state index contributed by atoms with van der Waals surface area (Å²) in [6.45, 7) is 0.895. The molecule has 0 bridgehead atoms. The molecule has 0 heterocycles. The van der Waals surface area contributed by atoms with Crippen molar-refractivity contribution < 1.29 is 4.74 Å². The van der Waals surface area contributed by atoms with Gasteiger partial charge in [0.25, 0.3) is 0 Å². The molecule has 1 aliphatic rings. The maximum absolute atomic E-state index is 5.16. The third-order valence-corrected chi connectivity index (χ3v) is 5.29. The lowest BCUT2D eigenvalue weighted by molar-refractivity contribution is 0.181. The minimum atomic E-state index is 0.703. The summed E-state index contributed by atoms with van der Waals surface area (Å²) in [6.07, 6.45) is 6.42. The Morgan fingerprint density at radius 3 is 2.72 bits per heavy atom. The molecule has 100 valence electrons. The fourth-order valence-electron chi connectivity index (χ4n) is 3.04. The Morgan fingerprint density at radius 2 is 2.00 bits per heavy atom. The van der Waals surface area contributed by atoms with Crippen LogP contribution in [0.3, 0.4) is 0 Å². The third-order valence-electron chi connectivity index (χ3n) is 4.08. The maximum atomic E-state index is 5.16. The molecule has 18 heavy (non-hydrogen) atoms. The van der Waals surface area contributed by atoms with E-state index in [1.165, 1.54) is 37.7 Å². The summed E-state index contributed by atoms with van der Waals surface area (Å²) < 4.78 is 5.16. The minimum absolute atomic E-state index is 0.703. The van der Waals surface area contributed by atoms with Crippen molar-refractivity contribution in [2.24, 2.45) is 5.92 Å². The number of hydrogen-bond donors (Lipinski definition) is 0. The average Bonchev–Trinajstić information content (AvgIpc) is 2.42. The van der Waals surface area contributed by atoms with E-state index < -0.39 is 0 Å². The van der Waals surface area contributed by atoms with Crippen LogP contribution in [0, 0.1) is 5.92 Å². The van der Waals surface area contributed by atoms with Crippen LogP contribution < -0.4 is 0 Å². The number of ether oxygens (including phenoxy) is 1. The molecule has 0 aromatic heterocycles. The van der Waals surface area contributed by atoms with Crippen molar-refractivity contribution in [1.82, 2.24) is 0 Å². The van der Waals surface area contributed by atoms with Crippen LogP contribution >= 0.6 is 15.9 Å². The number of benzene rings is 1. The summed E-state index contributed by atoms with van der Waals surface area (Å²) in [7, 11) is 1.79. The SMILES string of the molecule is COCCCC1CC(c2ccccc2)CCC1Br. The summed E-state index contributed by atoms with van der Waals surface area (Å²) in [4.78, 5) is 0.703. The quantitative estimate of drug-likeness (QED) is 0.563. The Balaban J connectivity index is 1.91.